The van der Waals surface area contributed by atoms with E-state index in [-0.39, 0.29) is 0 Å². The Morgan fingerprint density at radius 2 is 2.05 bits per heavy atom. The zero-order chi connectivity index (χ0) is 14.4. The van der Waals surface area contributed by atoms with Gasteiger partial charge in [-0.2, -0.15) is 0 Å². The average molecular weight is 276 g/mol. The monoisotopic (exact) mass is 276 g/mol. The van der Waals surface area contributed by atoms with Crippen molar-refractivity contribution in [3.05, 3.63) is 29.8 Å². The summed E-state index contributed by atoms with van der Waals surface area (Å²) in [7, 11) is 2.17. The average Bonchev–Trinajstić information content (AvgIpc) is 3.02. The van der Waals surface area contributed by atoms with Crippen molar-refractivity contribution in [2.75, 3.05) is 31.7 Å². The zero-order valence-corrected chi connectivity index (χ0v) is 13.1. The van der Waals surface area contributed by atoms with Crippen LogP contribution >= 0.6 is 0 Å². The molecule has 3 heteroatoms. The van der Waals surface area contributed by atoms with Crippen molar-refractivity contribution < 1.29 is 4.74 Å². The van der Waals surface area contributed by atoms with Crippen LogP contribution in [0.4, 0.5) is 5.69 Å². The van der Waals surface area contributed by atoms with Gasteiger partial charge in [-0.05, 0) is 43.5 Å². The lowest BCUT2D eigenvalue weighted by atomic mass is 10.0. The van der Waals surface area contributed by atoms with Gasteiger partial charge in [0.05, 0.1) is 12.6 Å². The fourth-order valence-corrected chi connectivity index (χ4v) is 2.80. The fourth-order valence-electron chi connectivity index (χ4n) is 2.80. The molecule has 1 aromatic rings. The lowest BCUT2D eigenvalue weighted by Gasteiger charge is -2.26. The van der Waals surface area contributed by atoms with Gasteiger partial charge in [-0.15, -0.1) is 0 Å². The highest BCUT2D eigenvalue weighted by Gasteiger charge is 2.20. The highest BCUT2D eigenvalue weighted by molar-refractivity contribution is 5.48. The van der Waals surface area contributed by atoms with Crippen molar-refractivity contribution in [1.29, 1.82) is 0 Å². The molecule has 20 heavy (non-hydrogen) atoms. The number of nitrogens with one attached hydrogen (secondary N) is 1. The Labute approximate surface area is 123 Å². The lowest BCUT2D eigenvalue weighted by Crippen LogP contribution is -2.31. The molecule has 1 N–H and O–H groups in total. The van der Waals surface area contributed by atoms with E-state index in [9.17, 15) is 0 Å². The number of anilines is 1. The molecule has 0 aliphatic carbocycles. The predicted octanol–water partition coefficient (Wildman–Crippen LogP) is 3.36. The Hall–Kier alpha value is -1.06. The van der Waals surface area contributed by atoms with Crippen LogP contribution in [0.15, 0.2) is 24.3 Å². The molecule has 1 fully saturated rings. The normalized spacial score (nSPS) is 20.1. The van der Waals surface area contributed by atoms with Gasteiger partial charge in [0, 0.05) is 25.4 Å². The van der Waals surface area contributed by atoms with Gasteiger partial charge in [0.1, 0.15) is 0 Å². The minimum atomic E-state index is 0.476. The number of hydrogen-bond donors (Lipinski definition) is 1. The first kappa shape index (κ1) is 15.3. The van der Waals surface area contributed by atoms with Crippen molar-refractivity contribution in [1.82, 2.24) is 5.32 Å². The van der Waals surface area contributed by atoms with Crippen LogP contribution in [-0.4, -0.2) is 32.8 Å². The fraction of sp³-hybridized carbons (Fsp3) is 0.647. The van der Waals surface area contributed by atoms with E-state index >= 15 is 0 Å². The summed E-state index contributed by atoms with van der Waals surface area (Å²) < 4.78 is 5.47. The SMILES string of the molecule is CCCNC(CC)c1ccc(N(C)C2CCOC2)cc1. The molecule has 2 rings (SSSR count). The minimum Gasteiger partial charge on any atom is -0.379 e. The van der Waals surface area contributed by atoms with E-state index in [0.29, 0.717) is 12.1 Å². The molecule has 1 saturated heterocycles. The molecule has 1 aliphatic rings. The summed E-state index contributed by atoms with van der Waals surface area (Å²) in [6.07, 6.45) is 3.44. The van der Waals surface area contributed by atoms with E-state index in [1.165, 1.54) is 17.7 Å². The van der Waals surface area contributed by atoms with Gasteiger partial charge in [0.2, 0.25) is 0 Å². The number of hydrogen-bond acceptors (Lipinski definition) is 3. The van der Waals surface area contributed by atoms with Gasteiger partial charge in [0.25, 0.3) is 0 Å². The number of benzene rings is 1. The molecule has 2 atom stereocenters. The van der Waals surface area contributed by atoms with Crippen LogP contribution in [0.3, 0.4) is 0 Å². The first-order valence-electron chi connectivity index (χ1n) is 7.90. The van der Waals surface area contributed by atoms with E-state index in [1.807, 2.05) is 0 Å². The van der Waals surface area contributed by atoms with Gasteiger partial charge in [-0.3, -0.25) is 0 Å². The molecular weight excluding hydrogens is 248 g/mol. The van der Waals surface area contributed by atoms with Crippen LogP contribution in [0.5, 0.6) is 0 Å². The van der Waals surface area contributed by atoms with Crippen molar-refractivity contribution >= 4 is 5.69 Å². The summed E-state index contributed by atoms with van der Waals surface area (Å²) >= 11 is 0. The number of ether oxygens (including phenoxy) is 1. The standard InChI is InChI=1S/C17H28N2O/c1-4-11-18-17(5-2)14-6-8-15(9-7-14)19(3)16-10-12-20-13-16/h6-9,16-18H,4-5,10-13H2,1-3H3. The van der Waals surface area contributed by atoms with Gasteiger partial charge in [-0.1, -0.05) is 26.0 Å². The van der Waals surface area contributed by atoms with E-state index in [0.717, 1.165) is 32.6 Å². The van der Waals surface area contributed by atoms with Crippen LogP contribution in [0.2, 0.25) is 0 Å². The zero-order valence-electron chi connectivity index (χ0n) is 13.1. The topological polar surface area (TPSA) is 24.5 Å². The second-order valence-corrected chi connectivity index (χ2v) is 5.63. The number of rotatable bonds is 7. The minimum absolute atomic E-state index is 0.476. The quantitative estimate of drug-likeness (QED) is 0.826. The summed E-state index contributed by atoms with van der Waals surface area (Å²) in [6, 6.07) is 10.0. The van der Waals surface area contributed by atoms with Crippen molar-refractivity contribution in [3.63, 3.8) is 0 Å². The number of likely N-dealkylation sites (N-methyl/N-ethyl adjacent to an activating group) is 1. The maximum Gasteiger partial charge on any atom is 0.0670 e. The van der Waals surface area contributed by atoms with Crippen LogP contribution in [0.25, 0.3) is 0 Å². The predicted molar refractivity (Wildman–Crippen MR) is 85.4 cm³/mol. The van der Waals surface area contributed by atoms with Gasteiger partial charge in [0.15, 0.2) is 0 Å². The highest BCUT2D eigenvalue weighted by atomic mass is 16.5. The molecule has 1 heterocycles. The van der Waals surface area contributed by atoms with Crippen LogP contribution in [0, 0.1) is 0 Å². The van der Waals surface area contributed by atoms with E-state index in [4.69, 9.17) is 4.74 Å². The van der Waals surface area contributed by atoms with Crippen LogP contribution < -0.4 is 10.2 Å². The van der Waals surface area contributed by atoms with E-state index in [1.54, 1.807) is 0 Å². The van der Waals surface area contributed by atoms with Crippen LogP contribution in [0.1, 0.15) is 44.7 Å². The summed E-state index contributed by atoms with van der Waals surface area (Å²) in [5, 5.41) is 3.61. The molecule has 0 bridgehead atoms. The van der Waals surface area contributed by atoms with Crippen molar-refractivity contribution in [2.24, 2.45) is 0 Å². The van der Waals surface area contributed by atoms with Crippen LogP contribution in [-0.2, 0) is 4.74 Å². The smallest absolute Gasteiger partial charge is 0.0670 e. The first-order valence-corrected chi connectivity index (χ1v) is 7.90. The maximum absolute atomic E-state index is 5.47. The second-order valence-electron chi connectivity index (χ2n) is 5.63. The molecule has 0 amide bonds. The van der Waals surface area contributed by atoms with Gasteiger partial charge >= 0.3 is 0 Å². The Morgan fingerprint density at radius 3 is 2.60 bits per heavy atom. The molecular formula is C17H28N2O. The molecule has 112 valence electrons. The molecule has 0 aromatic heterocycles. The third-order valence-corrected chi connectivity index (χ3v) is 4.21. The van der Waals surface area contributed by atoms with Gasteiger partial charge in [-0.25, -0.2) is 0 Å². The molecule has 1 aromatic carbocycles. The molecule has 3 nitrogen and oxygen atoms in total. The highest BCUT2D eigenvalue weighted by Crippen LogP contribution is 2.23. The maximum atomic E-state index is 5.47. The van der Waals surface area contributed by atoms with Crippen molar-refractivity contribution in [2.45, 2.75) is 45.2 Å². The Kier molecular flexibility index (Phi) is 5.86. The molecule has 0 saturated carbocycles. The molecule has 0 spiro atoms. The molecule has 0 radical (unpaired) electrons. The summed E-state index contributed by atoms with van der Waals surface area (Å²) in [5.41, 5.74) is 2.68. The summed E-state index contributed by atoms with van der Waals surface area (Å²) in [5.74, 6) is 0. The summed E-state index contributed by atoms with van der Waals surface area (Å²) in [6.45, 7) is 7.28. The molecule has 2 unspecified atom stereocenters. The van der Waals surface area contributed by atoms with Crippen molar-refractivity contribution in [3.8, 4) is 0 Å². The lowest BCUT2D eigenvalue weighted by molar-refractivity contribution is 0.193. The van der Waals surface area contributed by atoms with E-state index < -0.39 is 0 Å². The summed E-state index contributed by atoms with van der Waals surface area (Å²) in [4.78, 5) is 2.34. The molecule has 1 aliphatic heterocycles. The Morgan fingerprint density at radius 1 is 1.30 bits per heavy atom. The van der Waals surface area contributed by atoms with Gasteiger partial charge < -0.3 is 15.0 Å². The number of nitrogens with zero attached hydrogens (tertiary/aromatic N) is 1. The van der Waals surface area contributed by atoms with E-state index in [2.05, 4.69) is 55.4 Å². The largest absolute Gasteiger partial charge is 0.379 e. The third-order valence-electron chi connectivity index (χ3n) is 4.21. The Bertz CT molecular complexity index is 384. The third kappa shape index (κ3) is 3.74. The first-order chi connectivity index (χ1) is 9.76. The second kappa shape index (κ2) is 7.65. The Balaban J connectivity index is 2.00.